The zero-order chi connectivity index (χ0) is 14.7. The van der Waals surface area contributed by atoms with Crippen LogP contribution < -0.4 is 5.73 Å². The summed E-state index contributed by atoms with van der Waals surface area (Å²) in [6, 6.07) is 11.4. The van der Waals surface area contributed by atoms with Gasteiger partial charge < -0.3 is 10.3 Å². The molecule has 5 nitrogen and oxygen atoms in total. The van der Waals surface area contributed by atoms with Crippen molar-refractivity contribution in [3.05, 3.63) is 53.2 Å². The second kappa shape index (κ2) is 6.03. The minimum Gasteiger partial charge on any atom is -0.334 e. The summed E-state index contributed by atoms with van der Waals surface area (Å²) in [4.78, 5) is 8.50. The topological polar surface area (TPSA) is 77.8 Å². The summed E-state index contributed by atoms with van der Waals surface area (Å²) >= 11 is 6.07. The van der Waals surface area contributed by atoms with Gasteiger partial charge in [0.05, 0.1) is 5.02 Å². The van der Waals surface area contributed by atoms with E-state index in [1.807, 2.05) is 24.3 Å². The van der Waals surface area contributed by atoms with Gasteiger partial charge in [-0.25, -0.2) is 0 Å². The first-order chi connectivity index (χ1) is 10.3. The standard InChI is InChI=1S/C15H13ClN4O/c16-12-2-1-9-18-13(12)14-19-15(21-20-14)11-5-3-10(4-6-11)7-8-17/h1-6,9H,7-8,17H2. The van der Waals surface area contributed by atoms with Gasteiger partial charge in [-0.3, -0.25) is 4.98 Å². The summed E-state index contributed by atoms with van der Waals surface area (Å²) in [5, 5.41) is 4.42. The molecule has 106 valence electrons. The first-order valence-corrected chi connectivity index (χ1v) is 6.89. The summed E-state index contributed by atoms with van der Waals surface area (Å²) in [5.41, 5.74) is 8.06. The van der Waals surface area contributed by atoms with E-state index in [9.17, 15) is 0 Å². The van der Waals surface area contributed by atoms with Gasteiger partial charge in [0.2, 0.25) is 5.82 Å². The second-order valence-corrected chi connectivity index (χ2v) is 4.90. The van der Waals surface area contributed by atoms with Gasteiger partial charge in [0.25, 0.3) is 5.89 Å². The molecule has 0 radical (unpaired) electrons. The Morgan fingerprint density at radius 2 is 1.95 bits per heavy atom. The summed E-state index contributed by atoms with van der Waals surface area (Å²) in [5.74, 6) is 0.813. The minimum absolute atomic E-state index is 0.377. The SMILES string of the molecule is NCCc1ccc(-c2nc(-c3ncccc3Cl)no2)cc1. The summed E-state index contributed by atoms with van der Waals surface area (Å²) in [6.07, 6.45) is 2.48. The molecule has 0 saturated carbocycles. The van der Waals surface area contributed by atoms with Gasteiger partial charge in [-0.2, -0.15) is 4.98 Å². The van der Waals surface area contributed by atoms with Crippen LogP contribution in [0.4, 0.5) is 0 Å². The Hall–Kier alpha value is -2.24. The van der Waals surface area contributed by atoms with Crippen LogP contribution >= 0.6 is 11.6 Å². The van der Waals surface area contributed by atoms with E-state index < -0.39 is 0 Å². The number of hydrogen-bond donors (Lipinski definition) is 1. The lowest BCUT2D eigenvalue weighted by molar-refractivity contribution is 0.432. The Morgan fingerprint density at radius 1 is 1.14 bits per heavy atom. The van der Waals surface area contributed by atoms with Gasteiger partial charge >= 0.3 is 0 Å². The minimum atomic E-state index is 0.377. The highest BCUT2D eigenvalue weighted by Crippen LogP contribution is 2.25. The van der Waals surface area contributed by atoms with E-state index in [-0.39, 0.29) is 0 Å². The molecule has 0 amide bonds. The van der Waals surface area contributed by atoms with Crippen LogP contribution in [0.15, 0.2) is 47.1 Å². The third-order valence-electron chi connectivity index (χ3n) is 3.03. The predicted molar refractivity (Wildman–Crippen MR) is 80.7 cm³/mol. The zero-order valence-electron chi connectivity index (χ0n) is 11.2. The normalized spacial score (nSPS) is 10.8. The number of benzene rings is 1. The Morgan fingerprint density at radius 3 is 2.67 bits per heavy atom. The fraction of sp³-hybridized carbons (Fsp3) is 0.133. The largest absolute Gasteiger partial charge is 0.334 e. The Kier molecular flexibility index (Phi) is 3.94. The van der Waals surface area contributed by atoms with E-state index in [0.29, 0.717) is 29.0 Å². The van der Waals surface area contributed by atoms with Crippen molar-refractivity contribution in [1.82, 2.24) is 15.1 Å². The molecule has 1 aromatic carbocycles. The van der Waals surface area contributed by atoms with Crippen LogP contribution in [-0.2, 0) is 6.42 Å². The van der Waals surface area contributed by atoms with Gasteiger partial charge in [0, 0.05) is 11.8 Å². The van der Waals surface area contributed by atoms with E-state index in [1.165, 1.54) is 5.56 Å². The Labute approximate surface area is 126 Å². The van der Waals surface area contributed by atoms with E-state index in [4.69, 9.17) is 21.9 Å². The van der Waals surface area contributed by atoms with E-state index in [1.54, 1.807) is 18.3 Å². The van der Waals surface area contributed by atoms with Crippen molar-refractivity contribution < 1.29 is 4.52 Å². The van der Waals surface area contributed by atoms with Crippen molar-refractivity contribution in [2.45, 2.75) is 6.42 Å². The van der Waals surface area contributed by atoms with Crippen LogP contribution in [0, 0.1) is 0 Å². The third kappa shape index (κ3) is 2.94. The Balaban J connectivity index is 1.89. The fourth-order valence-electron chi connectivity index (χ4n) is 1.97. The highest BCUT2D eigenvalue weighted by atomic mass is 35.5. The number of pyridine rings is 1. The molecule has 0 fully saturated rings. The molecule has 3 aromatic rings. The first kappa shape index (κ1) is 13.7. The lowest BCUT2D eigenvalue weighted by Crippen LogP contribution is -2.02. The average molecular weight is 301 g/mol. The highest BCUT2D eigenvalue weighted by molar-refractivity contribution is 6.32. The molecule has 2 aromatic heterocycles. The average Bonchev–Trinajstić information content (AvgIpc) is 2.98. The molecule has 0 aliphatic carbocycles. The summed E-state index contributed by atoms with van der Waals surface area (Å²) in [6.45, 7) is 0.627. The van der Waals surface area contributed by atoms with E-state index in [0.717, 1.165) is 12.0 Å². The number of nitrogens with two attached hydrogens (primary N) is 1. The van der Waals surface area contributed by atoms with Crippen LogP contribution in [0.3, 0.4) is 0 Å². The molecule has 6 heteroatoms. The molecule has 0 bridgehead atoms. The number of aromatic nitrogens is 3. The van der Waals surface area contributed by atoms with Crippen LogP contribution in [0.1, 0.15) is 5.56 Å². The molecule has 0 aliphatic heterocycles. The van der Waals surface area contributed by atoms with Crippen molar-refractivity contribution >= 4 is 11.6 Å². The monoisotopic (exact) mass is 300 g/mol. The van der Waals surface area contributed by atoms with Crippen LogP contribution in [0.2, 0.25) is 5.02 Å². The molecule has 0 unspecified atom stereocenters. The zero-order valence-corrected chi connectivity index (χ0v) is 11.9. The van der Waals surface area contributed by atoms with Crippen LogP contribution in [0.25, 0.3) is 23.0 Å². The lowest BCUT2D eigenvalue weighted by Gasteiger charge is -1.99. The van der Waals surface area contributed by atoms with Gasteiger partial charge in [0.15, 0.2) is 0 Å². The van der Waals surface area contributed by atoms with Crippen molar-refractivity contribution in [1.29, 1.82) is 0 Å². The molecule has 2 N–H and O–H groups in total. The van der Waals surface area contributed by atoms with E-state index in [2.05, 4.69) is 15.1 Å². The van der Waals surface area contributed by atoms with Crippen LogP contribution in [0.5, 0.6) is 0 Å². The van der Waals surface area contributed by atoms with Crippen molar-refractivity contribution in [3.8, 4) is 23.0 Å². The van der Waals surface area contributed by atoms with Crippen LogP contribution in [-0.4, -0.2) is 21.7 Å². The first-order valence-electron chi connectivity index (χ1n) is 6.52. The quantitative estimate of drug-likeness (QED) is 0.801. The van der Waals surface area contributed by atoms with Crippen molar-refractivity contribution in [3.63, 3.8) is 0 Å². The van der Waals surface area contributed by atoms with E-state index >= 15 is 0 Å². The number of nitrogens with zero attached hydrogens (tertiary/aromatic N) is 3. The van der Waals surface area contributed by atoms with Gasteiger partial charge in [0.1, 0.15) is 5.69 Å². The number of rotatable bonds is 4. The molecule has 0 spiro atoms. The predicted octanol–water partition coefficient (Wildman–Crippen LogP) is 2.95. The summed E-state index contributed by atoms with van der Waals surface area (Å²) in [7, 11) is 0. The fourth-order valence-corrected chi connectivity index (χ4v) is 2.17. The smallest absolute Gasteiger partial charge is 0.258 e. The molecule has 2 heterocycles. The van der Waals surface area contributed by atoms with Crippen molar-refractivity contribution in [2.75, 3.05) is 6.54 Å². The molecular formula is C15H13ClN4O. The third-order valence-corrected chi connectivity index (χ3v) is 3.34. The molecule has 0 aliphatic rings. The van der Waals surface area contributed by atoms with Gasteiger partial charge in [-0.1, -0.05) is 28.9 Å². The Bertz CT molecular complexity index is 739. The van der Waals surface area contributed by atoms with Crippen molar-refractivity contribution in [2.24, 2.45) is 5.73 Å². The maximum Gasteiger partial charge on any atom is 0.258 e. The molecular weight excluding hydrogens is 288 g/mol. The molecule has 3 rings (SSSR count). The number of hydrogen-bond acceptors (Lipinski definition) is 5. The number of halogens is 1. The molecule has 0 saturated heterocycles. The highest BCUT2D eigenvalue weighted by Gasteiger charge is 2.13. The molecule has 0 atom stereocenters. The van der Waals surface area contributed by atoms with Gasteiger partial charge in [-0.05, 0) is 42.8 Å². The summed E-state index contributed by atoms with van der Waals surface area (Å²) < 4.78 is 5.28. The maximum absolute atomic E-state index is 6.07. The van der Waals surface area contributed by atoms with Gasteiger partial charge in [-0.15, -0.1) is 0 Å². The molecule has 21 heavy (non-hydrogen) atoms. The maximum atomic E-state index is 6.07. The second-order valence-electron chi connectivity index (χ2n) is 4.49. The lowest BCUT2D eigenvalue weighted by atomic mass is 10.1.